The highest BCUT2D eigenvalue weighted by atomic mass is 16.5. The van der Waals surface area contributed by atoms with E-state index in [9.17, 15) is 4.79 Å². The van der Waals surface area contributed by atoms with Crippen LogP contribution < -0.4 is 4.74 Å². The third kappa shape index (κ3) is 4.10. The summed E-state index contributed by atoms with van der Waals surface area (Å²) >= 11 is 0. The molecular weight excluding hydrogens is 216 g/mol. The second-order valence-corrected chi connectivity index (χ2v) is 4.34. The molecule has 0 radical (unpaired) electrons. The van der Waals surface area contributed by atoms with Gasteiger partial charge in [-0.05, 0) is 61.9 Å². The van der Waals surface area contributed by atoms with Crippen LogP contribution in [0.1, 0.15) is 36.0 Å². The van der Waals surface area contributed by atoms with E-state index in [-0.39, 0.29) is 6.42 Å². The van der Waals surface area contributed by atoms with E-state index in [1.54, 1.807) is 7.11 Å². The zero-order valence-electron chi connectivity index (χ0n) is 10.7. The number of unbranched alkanes of at least 4 members (excludes halogenated alkanes) is 1. The zero-order valence-corrected chi connectivity index (χ0v) is 10.7. The third-order valence-electron chi connectivity index (χ3n) is 2.97. The second-order valence-electron chi connectivity index (χ2n) is 4.34. The van der Waals surface area contributed by atoms with Gasteiger partial charge in [0.15, 0.2) is 0 Å². The van der Waals surface area contributed by atoms with Gasteiger partial charge in [0, 0.05) is 6.42 Å². The number of hydrogen-bond acceptors (Lipinski definition) is 2. The number of carboxylic acid groups (broad SMARTS) is 1. The number of aliphatic carboxylic acids is 1. The molecule has 0 aromatic heterocycles. The first-order valence-corrected chi connectivity index (χ1v) is 5.90. The Morgan fingerprint density at radius 1 is 1.24 bits per heavy atom. The molecule has 17 heavy (non-hydrogen) atoms. The Bertz CT molecular complexity index is 373. The van der Waals surface area contributed by atoms with Gasteiger partial charge in [0.25, 0.3) is 0 Å². The fourth-order valence-corrected chi connectivity index (χ4v) is 2.04. The molecule has 0 atom stereocenters. The Morgan fingerprint density at radius 3 is 2.29 bits per heavy atom. The maximum absolute atomic E-state index is 10.4. The molecule has 94 valence electrons. The van der Waals surface area contributed by atoms with Crippen LogP contribution in [0.5, 0.6) is 5.75 Å². The molecule has 0 aliphatic carbocycles. The van der Waals surface area contributed by atoms with Crippen molar-refractivity contribution < 1.29 is 14.6 Å². The summed E-state index contributed by atoms with van der Waals surface area (Å²) in [5.74, 6) is 0.169. The molecule has 3 nitrogen and oxygen atoms in total. The molecule has 1 aromatic carbocycles. The number of methoxy groups -OCH3 is 1. The predicted octanol–water partition coefficient (Wildman–Crippen LogP) is 3.11. The molecule has 0 aliphatic heterocycles. The third-order valence-corrected chi connectivity index (χ3v) is 2.97. The van der Waals surface area contributed by atoms with Gasteiger partial charge in [-0.3, -0.25) is 4.79 Å². The van der Waals surface area contributed by atoms with Gasteiger partial charge < -0.3 is 9.84 Å². The van der Waals surface area contributed by atoms with Crippen LogP contribution in [0.3, 0.4) is 0 Å². The van der Waals surface area contributed by atoms with Crippen molar-refractivity contribution in [3.05, 3.63) is 28.8 Å². The van der Waals surface area contributed by atoms with Crippen molar-refractivity contribution in [3.8, 4) is 5.75 Å². The Hall–Kier alpha value is -1.51. The topological polar surface area (TPSA) is 46.5 Å². The summed E-state index contributed by atoms with van der Waals surface area (Å²) in [6.07, 6.45) is 2.85. The lowest BCUT2D eigenvalue weighted by Gasteiger charge is -2.11. The minimum atomic E-state index is -0.715. The molecule has 0 saturated carbocycles. The highest BCUT2D eigenvalue weighted by Crippen LogP contribution is 2.23. The highest BCUT2D eigenvalue weighted by molar-refractivity contribution is 5.66. The van der Waals surface area contributed by atoms with Gasteiger partial charge >= 0.3 is 5.97 Å². The number of hydrogen-bond donors (Lipinski definition) is 1. The van der Waals surface area contributed by atoms with Gasteiger partial charge in [-0.15, -0.1) is 0 Å². The van der Waals surface area contributed by atoms with Gasteiger partial charge in [0.05, 0.1) is 7.11 Å². The molecule has 1 aromatic rings. The standard InChI is InChI=1S/C14H20O3/c1-10-8-12(17-3)9-11(2)13(10)6-4-5-7-14(15)16/h8-9H,4-7H2,1-3H3,(H,15,16). The Labute approximate surface area is 102 Å². The normalized spacial score (nSPS) is 10.3. The minimum absolute atomic E-state index is 0.258. The summed E-state index contributed by atoms with van der Waals surface area (Å²) in [7, 11) is 1.67. The van der Waals surface area contributed by atoms with Gasteiger partial charge in [0.1, 0.15) is 5.75 Å². The quantitative estimate of drug-likeness (QED) is 0.772. The van der Waals surface area contributed by atoms with Crippen LogP contribution >= 0.6 is 0 Å². The predicted molar refractivity (Wildman–Crippen MR) is 67.7 cm³/mol. The fraction of sp³-hybridized carbons (Fsp3) is 0.500. The first kappa shape index (κ1) is 13.6. The van der Waals surface area contributed by atoms with E-state index in [1.165, 1.54) is 16.7 Å². The maximum Gasteiger partial charge on any atom is 0.303 e. The number of aryl methyl sites for hydroxylation is 2. The van der Waals surface area contributed by atoms with Crippen molar-refractivity contribution in [1.29, 1.82) is 0 Å². The van der Waals surface area contributed by atoms with Crippen LogP contribution in [0.2, 0.25) is 0 Å². The Kier molecular flexibility index (Phi) is 5.01. The molecule has 0 amide bonds. The van der Waals surface area contributed by atoms with E-state index in [4.69, 9.17) is 9.84 Å². The second kappa shape index (κ2) is 6.28. The van der Waals surface area contributed by atoms with Gasteiger partial charge in [0.2, 0.25) is 0 Å². The summed E-state index contributed by atoms with van der Waals surface area (Å²) < 4.78 is 5.21. The van der Waals surface area contributed by atoms with Gasteiger partial charge in [-0.25, -0.2) is 0 Å². The monoisotopic (exact) mass is 236 g/mol. The van der Waals surface area contributed by atoms with Crippen molar-refractivity contribution in [3.63, 3.8) is 0 Å². The van der Waals surface area contributed by atoms with E-state index in [2.05, 4.69) is 13.8 Å². The first-order chi connectivity index (χ1) is 8.04. The van der Waals surface area contributed by atoms with E-state index >= 15 is 0 Å². The van der Waals surface area contributed by atoms with Crippen LogP contribution in [0, 0.1) is 13.8 Å². The number of carboxylic acids is 1. The average Bonchev–Trinajstić information content (AvgIpc) is 2.26. The lowest BCUT2D eigenvalue weighted by molar-refractivity contribution is -0.137. The Morgan fingerprint density at radius 2 is 1.82 bits per heavy atom. The van der Waals surface area contributed by atoms with Crippen molar-refractivity contribution in [2.75, 3.05) is 7.11 Å². The maximum atomic E-state index is 10.4. The SMILES string of the molecule is COc1cc(C)c(CCCCC(=O)O)c(C)c1. The first-order valence-electron chi connectivity index (χ1n) is 5.90. The highest BCUT2D eigenvalue weighted by Gasteiger charge is 2.06. The van der Waals surface area contributed by atoms with Crippen molar-refractivity contribution in [2.45, 2.75) is 39.5 Å². The molecule has 0 spiro atoms. The molecule has 0 saturated heterocycles. The number of carbonyl (C=O) groups is 1. The van der Waals surface area contributed by atoms with Gasteiger partial charge in [-0.1, -0.05) is 0 Å². The molecule has 0 bridgehead atoms. The van der Waals surface area contributed by atoms with Crippen molar-refractivity contribution in [1.82, 2.24) is 0 Å². The van der Waals surface area contributed by atoms with Crippen LogP contribution in [-0.2, 0) is 11.2 Å². The Balaban J connectivity index is 2.62. The average molecular weight is 236 g/mol. The number of rotatable bonds is 6. The summed E-state index contributed by atoms with van der Waals surface area (Å²) in [5.41, 5.74) is 3.76. The lowest BCUT2D eigenvalue weighted by Crippen LogP contribution is -1.98. The molecule has 0 fully saturated rings. The van der Waals surface area contributed by atoms with Crippen LogP contribution in [0.25, 0.3) is 0 Å². The van der Waals surface area contributed by atoms with E-state index in [0.29, 0.717) is 0 Å². The molecule has 0 aliphatic rings. The van der Waals surface area contributed by atoms with E-state index < -0.39 is 5.97 Å². The van der Waals surface area contributed by atoms with E-state index in [0.717, 1.165) is 25.0 Å². The summed E-state index contributed by atoms with van der Waals surface area (Å²) in [6, 6.07) is 4.05. The zero-order chi connectivity index (χ0) is 12.8. The smallest absolute Gasteiger partial charge is 0.303 e. The van der Waals surface area contributed by atoms with E-state index in [1.807, 2.05) is 12.1 Å². The molecule has 0 heterocycles. The number of benzene rings is 1. The van der Waals surface area contributed by atoms with Gasteiger partial charge in [-0.2, -0.15) is 0 Å². The molecule has 0 unspecified atom stereocenters. The fourth-order valence-electron chi connectivity index (χ4n) is 2.04. The van der Waals surface area contributed by atoms with Crippen LogP contribution in [0.4, 0.5) is 0 Å². The van der Waals surface area contributed by atoms with Crippen molar-refractivity contribution in [2.24, 2.45) is 0 Å². The molecule has 1 N–H and O–H groups in total. The summed E-state index contributed by atoms with van der Waals surface area (Å²) in [4.78, 5) is 10.4. The van der Waals surface area contributed by atoms with Crippen LogP contribution in [-0.4, -0.2) is 18.2 Å². The van der Waals surface area contributed by atoms with Crippen molar-refractivity contribution >= 4 is 5.97 Å². The number of ether oxygens (including phenoxy) is 1. The summed E-state index contributed by atoms with van der Waals surface area (Å²) in [6.45, 7) is 4.14. The minimum Gasteiger partial charge on any atom is -0.497 e. The molecule has 1 rings (SSSR count). The van der Waals surface area contributed by atoms with Crippen LogP contribution in [0.15, 0.2) is 12.1 Å². The lowest BCUT2D eigenvalue weighted by atomic mass is 9.97. The summed E-state index contributed by atoms with van der Waals surface area (Å²) in [5, 5.41) is 8.57. The molecule has 3 heteroatoms. The molecular formula is C14H20O3. The largest absolute Gasteiger partial charge is 0.497 e.